The quantitative estimate of drug-likeness (QED) is 0.915. The summed E-state index contributed by atoms with van der Waals surface area (Å²) in [6.45, 7) is 9.24. The number of rotatable bonds is 2. The van der Waals surface area contributed by atoms with Crippen molar-refractivity contribution in [1.82, 2.24) is 29.9 Å². The largest absolute Gasteiger partial charge is 0.292 e. The summed E-state index contributed by atoms with van der Waals surface area (Å²) in [6.07, 6.45) is 4.26. The van der Waals surface area contributed by atoms with Crippen LogP contribution in [0.25, 0.3) is 0 Å². The third-order valence-corrected chi connectivity index (χ3v) is 4.01. The van der Waals surface area contributed by atoms with Gasteiger partial charge in [0, 0.05) is 30.3 Å². The van der Waals surface area contributed by atoms with E-state index in [1.54, 1.807) is 0 Å². The minimum Gasteiger partial charge on any atom is -0.292 e. The lowest BCUT2D eigenvalue weighted by atomic mass is 9.96. The highest BCUT2D eigenvalue weighted by Crippen LogP contribution is 2.20. The molecule has 0 saturated carbocycles. The van der Waals surface area contributed by atoms with Gasteiger partial charge in [0.25, 0.3) is 0 Å². The average molecular weight is 288 g/mol. The van der Waals surface area contributed by atoms with Crippen molar-refractivity contribution in [2.75, 3.05) is 6.54 Å². The monoisotopic (exact) mass is 288 g/mol. The first-order chi connectivity index (χ1) is 9.93. The molecule has 1 aliphatic heterocycles. The van der Waals surface area contributed by atoms with Gasteiger partial charge in [-0.3, -0.25) is 14.7 Å². The molecule has 0 bridgehead atoms. The Bertz CT molecular complexity index is 618. The van der Waals surface area contributed by atoms with Crippen molar-refractivity contribution in [1.29, 1.82) is 0 Å². The van der Waals surface area contributed by atoms with Crippen LogP contribution in [-0.2, 0) is 32.0 Å². The van der Waals surface area contributed by atoms with E-state index in [2.05, 4.69) is 46.0 Å². The van der Waals surface area contributed by atoms with Gasteiger partial charge in [0.1, 0.15) is 5.82 Å². The molecule has 0 atom stereocenters. The summed E-state index contributed by atoms with van der Waals surface area (Å²) in [6, 6.07) is 0. The molecule has 0 spiro atoms. The highest BCUT2D eigenvalue weighted by molar-refractivity contribution is 5.19. The SMILES string of the molecule is Cn1ncc2c1CCCN(Cc1nc(C(C)(C)C)n[nH]1)C2. The summed E-state index contributed by atoms with van der Waals surface area (Å²) in [5, 5.41) is 11.8. The Kier molecular flexibility index (Phi) is 3.57. The normalized spacial score (nSPS) is 16.8. The number of aryl methyl sites for hydroxylation is 1. The van der Waals surface area contributed by atoms with Crippen LogP contribution >= 0.6 is 0 Å². The smallest absolute Gasteiger partial charge is 0.156 e. The van der Waals surface area contributed by atoms with Crippen molar-refractivity contribution >= 4 is 0 Å². The number of nitrogens with zero attached hydrogens (tertiary/aromatic N) is 5. The number of aromatic amines is 1. The zero-order valence-corrected chi connectivity index (χ0v) is 13.3. The number of hydrogen-bond acceptors (Lipinski definition) is 4. The molecule has 3 rings (SSSR count). The molecule has 2 aromatic rings. The van der Waals surface area contributed by atoms with Crippen molar-refractivity contribution in [2.45, 2.75) is 52.1 Å². The van der Waals surface area contributed by atoms with Gasteiger partial charge in [0.15, 0.2) is 5.82 Å². The van der Waals surface area contributed by atoms with E-state index in [-0.39, 0.29) is 5.41 Å². The van der Waals surface area contributed by atoms with Crippen LogP contribution in [0, 0.1) is 0 Å². The molecule has 0 radical (unpaired) electrons. The Morgan fingerprint density at radius 1 is 1.33 bits per heavy atom. The molecule has 3 heterocycles. The fourth-order valence-corrected chi connectivity index (χ4v) is 2.80. The fraction of sp³-hybridized carbons (Fsp3) is 0.667. The van der Waals surface area contributed by atoms with Crippen molar-refractivity contribution in [3.8, 4) is 0 Å². The lowest BCUT2D eigenvalue weighted by molar-refractivity contribution is 0.254. The first-order valence-corrected chi connectivity index (χ1v) is 7.57. The summed E-state index contributed by atoms with van der Waals surface area (Å²) >= 11 is 0. The fourth-order valence-electron chi connectivity index (χ4n) is 2.80. The molecule has 0 fully saturated rings. The second kappa shape index (κ2) is 5.26. The Hall–Kier alpha value is -1.69. The summed E-state index contributed by atoms with van der Waals surface area (Å²) in [5.74, 6) is 1.83. The molecule has 2 aromatic heterocycles. The number of hydrogen-bond donors (Lipinski definition) is 1. The highest BCUT2D eigenvalue weighted by atomic mass is 15.3. The van der Waals surface area contributed by atoms with E-state index >= 15 is 0 Å². The number of nitrogens with one attached hydrogen (secondary N) is 1. The molecule has 21 heavy (non-hydrogen) atoms. The third kappa shape index (κ3) is 3.00. The van der Waals surface area contributed by atoms with Gasteiger partial charge in [-0.15, -0.1) is 0 Å². The molecule has 0 amide bonds. The molecule has 0 unspecified atom stereocenters. The molecular formula is C15H24N6. The van der Waals surface area contributed by atoms with Crippen LogP contribution in [0.5, 0.6) is 0 Å². The third-order valence-electron chi connectivity index (χ3n) is 4.01. The summed E-state index contributed by atoms with van der Waals surface area (Å²) in [5.41, 5.74) is 2.69. The first kappa shape index (κ1) is 14.3. The highest BCUT2D eigenvalue weighted by Gasteiger charge is 2.22. The van der Waals surface area contributed by atoms with Crippen LogP contribution in [0.15, 0.2) is 6.20 Å². The van der Waals surface area contributed by atoms with Gasteiger partial charge in [-0.1, -0.05) is 20.8 Å². The van der Waals surface area contributed by atoms with E-state index in [1.165, 1.54) is 11.3 Å². The zero-order chi connectivity index (χ0) is 15.0. The zero-order valence-electron chi connectivity index (χ0n) is 13.3. The molecule has 6 nitrogen and oxygen atoms in total. The van der Waals surface area contributed by atoms with Crippen LogP contribution < -0.4 is 0 Å². The van der Waals surface area contributed by atoms with Crippen LogP contribution in [0.4, 0.5) is 0 Å². The predicted molar refractivity (Wildman–Crippen MR) is 80.7 cm³/mol. The van der Waals surface area contributed by atoms with Crippen molar-refractivity contribution in [3.63, 3.8) is 0 Å². The Morgan fingerprint density at radius 2 is 2.14 bits per heavy atom. The second-order valence-electron chi connectivity index (χ2n) is 6.91. The number of aromatic nitrogens is 5. The van der Waals surface area contributed by atoms with Gasteiger partial charge in [0.05, 0.1) is 12.7 Å². The van der Waals surface area contributed by atoms with E-state index in [9.17, 15) is 0 Å². The molecule has 6 heteroatoms. The lowest BCUT2D eigenvalue weighted by Gasteiger charge is -2.18. The van der Waals surface area contributed by atoms with Crippen LogP contribution in [0.2, 0.25) is 0 Å². The summed E-state index contributed by atoms with van der Waals surface area (Å²) < 4.78 is 2.00. The van der Waals surface area contributed by atoms with Gasteiger partial charge in [-0.25, -0.2) is 4.98 Å². The van der Waals surface area contributed by atoms with Crippen LogP contribution in [-0.4, -0.2) is 36.4 Å². The summed E-state index contributed by atoms with van der Waals surface area (Å²) in [4.78, 5) is 7.06. The maximum absolute atomic E-state index is 4.64. The number of fused-ring (bicyclic) bond motifs is 1. The molecule has 1 N–H and O–H groups in total. The van der Waals surface area contributed by atoms with Crippen LogP contribution in [0.1, 0.15) is 50.1 Å². The van der Waals surface area contributed by atoms with Gasteiger partial charge in [0.2, 0.25) is 0 Å². The summed E-state index contributed by atoms with van der Waals surface area (Å²) in [7, 11) is 2.03. The van der Waals surface area contributed by atoms with Crippen molar-refractivity contribution < 1.29 is 0 Å². The van der Waals surface area contributed by atoms with Crippen LogP contribution in [0.3, 0.4) is 0 Å². The van der Waals surface area contributed by atoms with Crippen molar-refractivity contribution in [3.05, 3.63) is 29.1 Å². The minimum atomic E-state index is -0.00986. The molecule has 114 valence electrons. The molecule has 0 aromatic carbocycles. The lowest BCUT2D eigenvalue weighted by Crippen LogP contribution is -2.23. The first-order valence-electron chi connectivity index (χ1n) is 7.57. The van der Waals surface area contributed by atoms with E-state index in [0.717, 1.165) is 44.1 Å². The minimum absolute atomic E-state index is 0.00986. The van der Waals surface area contributed by atoms with Gasteiger partial charge < -0.3 is 0 Å². The van der Waals surface area contributed by atoms with E-state index in [4.69, 9.17) is 0 Å². The van der Waals surface area contributed by atoms with E-state index < -0.39 is 0 Å². The second-order valence-corrected chi connectivity index (χ2v) is 6.91. The predicted octanol–water partition coefficient (Wildman–Crippen LogP) is 1.78. The average Bonchev–Trinajstić information content (AvgIpc) is 2.93. The number of H-pyrrole nitrogens is 1. The Morgan fingerprint density at radius 3 is 2.86 bits per heavy atom. The maximum Gasteiger partial charge on any atom is 0.156 e. The molecule has 1 aliphatic rings. The van der Waals surface area contributed by atoms with Gasteiger partial charge in [-0.05, 0) is 19.4 Å². The van der Waals surface area contributed by atoms with Crippen molar-refractivity contribution in [2.24, 2.45) is 7.05 Å². The van der Waals surface area contributed by atoms with E-state index in [1.807, 2.05) is 17.9 Å². The molecular weight excluding hydrogens is 264 g/mol. The Balaban J connectivity index is 1.72. The van der Waals surface area contributed by atoms with E-state index in [0.29, 0.717) is 0 Å². The van der Waals surface area contributed by atoms with Gasteiger partial charge in [-0.2, -0.15) is 10.2 Å². The molecule has 0 aliphatic carbocycles. The molecule has 0 saturated heterocycles. The standard InChI is InChI=1S/C15H24N6/c1-15(2,3)14-17-13(18-19-14)10-21-7-5-6-12-11(9-21)8-16-20(12)4/h8H,5-7,9-10H2,1-4H3,(H,17,18,19). The topological polar surface area (TPSA) is 62.6 Å². The van der Waals surface area contributed by atoms with Gasteiger partial charge >= 0.3 is 0 Å². The maximum atomic E-state index is 4.64. The Labute approximate surface area is 125 Å².